The first kappa shape index (κ1) is 79.9. The summed E-state index contributed by atoms with van der Waals surface area (Å²) in [6.07, 6.45) is -3.68. The van der Waals surface area contributed by atoms with E-state index >= 15 is 0 Å². The fourth-order valence-electron chi connectivity index (χ4n) is 8.85. The number of aliphatic hydroxyl groups excluding tert-OH is 3. The molecule has 2 rings (SSSR count). The summed E-state index contributed by atoms with van der Waals surface area (Å²) < 4.78 is 43.4. The molecule has 2 amide bonds. The molecule has 82 heavy (non-hydrogen) atoms. The maximum Gasteiger partial charge on any atom is 1.00 e. The van der Waals surface area contributed by atoms with Gasteiger partial charge >= 0.3 is 49.9 Å². The van der Waals surface area contributed by atoms with Crippen LogP contribution in [0.3, 0.4) is 0 Å². The second-order valence-corrected chi connectivity index (χ2v) is 23.7. The Morgan fingerprint density at radius 3 is 1.26 bits per heavy atom. The molecule has 22 heteroatoms. The Kier molecular flexibility index (Phi) is 38.4. The molecule has 2 aromatic rings. The van der Waals surface area contributed by atoms with Crippen LogP contribution in [0, 0.1) is 47.3 Å². The fourth-order valence-corrected chi connectivity index (χ4v) is 8.85. The van der Waals surface area contributed by atoms with Gasteiger partial charge in [-0.05, 0) is 133 Å². The number of methoxy groups -OCH3 is 4. The number of carboxylic acid groups (broad SMARTS) is 2. The summed E-state index contributed by atoms with van der Waals surface area (Å²) >= 11 is 0. The summed E-state index contributed by atoms with van der Waals surface area (Å²) in [7, 11) is 6.28. The average Bonchev–Trinajstić information content (AvgIpc) is 3.35. The van der Waals surface area contributed by atoms with Crippen molar-refractivity contribution in [3.05, 3.63) is 47.5 Å². The first-order chi connectivity index (χ1) is 37.2. The van der Waals surface area contributed by atoms with Gasteiger partial charge in [-0.3, -0.25) is 4.79 Å². The molecular formula is C60H98Li2N2O18. The summed E-state index contributed by atoms with van der Waals surface area (Å²) in [5.74, 6) is -4.56. The molecule has 0 saturated heterocycles. The first-order valence-corrected chi connectivity index (χ1v) is 27.8. The van der Waals surface area contributed by atoms with Crippen LogP contribution in [0.25, 0.3) is 0 Å². The van der Waals surface area contributed by atoms with Crippen molar-refractivity contribution >= 4 is 29.9 Å². The van der Waals surface area contributed by atoms with E-state index in [9.17, 15) is 49.5 Å². The van der Waals surface area contributed by atoms with Gasteiger partial charge in [0, 0.05) is 75.5 Å². The molecule has 9 atom stereocenters. The van der Waals surface area contributed by atoms with E-state index in [4.69, 9.17) is 37.9 Å². The van der Waals surface area contributed by atoms with Crippen molar-refractivity contribution in [3.63, 3.8) is 0 Å². The second-order valence-electron chi connectivity index (χ2n) is 23.7. The van der Waals surface area contributed by atoms with Crippen LogP contribution in [0.2, 0.25) is 0 Å². The number of hydrogen-bond acceptors (Lipinski definition) is 18. The zero-order chi connectivity index (χ0) is 61.2. The number of hydrogen-bond donors (Lipinski definition) is 5. The van der Waals surface area contributed by atoms with Crippen LogP contribution in [0.4, 0.5) is 9.59 Å². The third-order valence-electron chi connectivity index (χ3n) is 13.5. The summed E-state index contributed by atoms with van der Waals surface area (Å²) in [6, 6.07) is 8.29. The summed E-state index contributed by atoms with van der Waals surface area (Å²) in [6.45, 7) is 26.7. The van der Waals surface area contributed by atoms with E-state index in [2.05, 4.69) is 10.6 Å². The molecule has 0 aliphatic heterocycles. The van der Waals surface area contributed by atoms with E-state index in [0.717, 1.165) is 0 Å². The number of aliphatic hydroxyl groups is 3. The zero-order valence-electron chi connectivity index (χ0n) is 53.0. The van der Waals surface area contributed by atoms with E-state index in [-0.39, 0.29) is 92.9 Å². The number of Topliss-reactive ketones (excluding diaryl/α,β-unsaturated/α-hetero) is 1. The van der Waals surface area contributed by atoms with E-state index < -0.39 is 89.4 Å². The third-order valence-corrected chi connectivity index (χ3v) is 13.5. The maximum absolute atomic E-state index is 13.8. The Balaban J connectivity index is 0. The number of carboxylic acids is 2. The Morgan fingerprint density at radius 2 is 0.902 bits per heavy atom. The van der Waals surface area contributed by atoms with Gasteiger partial charge in [-0.25, -0.2) is 9.59 Å². The molecule has 1 unspecified atom stereocenters. The number of amides is 2. The van der Waals surface area contributed by atoms with Crippen LogP contribution in [-0.4, -0.2) is 136 Å². The Morgan fingerprint density at radius 1 is 0.512 bits per heavy atom. The van der Waals surface area contributed by atoms with Crippen LogP contribution >= 0.6 is 0 Å². The summed E-state index contributed by atoms with van der Waals surface area (Å²) in [5.41, 5.74) is -0.589. The molecule has 0 aromatic heterocycles. The standard InChI is InChI=1S/C30H51NO9.C30H49NO9.2Li/c2*1-18(2)21(27(33)20-11-12-25(38-9)26(15-20)39-14-10-13-37-8)16-23(31-29(36)40-30(5,6)7)24(32)17-22(19(3)4)28(34)35;;/h11-12,15,18-19,21-24,27,32-33H,10,13-14,16-17H2,1-9H3,(H,31,36)(H,34,35);11-12,15,18-19,21-24,32H,10,13-14,16-17H2,1-9H3,(H,31,36)(H,34,35);;/q;;2*+1/p-2/t21-,22-,23-,24-,27?;21-,22-,23-,24-;;/m00../s1. The molecule has 0 radical (unpaired) electrons. The number of ketones is 1. The molecule has 458 valence electrons. The number of rotatable bonds is 34. The van der Waals surface area contributed by atoms with Gasteiger partial charge in [0.15, 0.2) is 28.8 Å². The largest absolute Gasteiger partial charge is 1.00 e. The Bertz CT molecular complexity index is 2180. The Labute approximate surface area is 512 Å². The predicted octanol–water partition coefficient (Wildman–Crippen LogP) is 1.10. The van der Waals surface area contributed by atoms with Gasteiger partial charge in [0.2, 0.25) is 0 Å². The third kappa shape index (κ3) is 29.5. The van der Waals surface area contributed by atoms with E-state index in [1.54, 1.807) is 120 Å². The number of ether oxygens (including phenoxy) is 8. The summed E-state index contributed by atoms with van der Waals surface area (Å²) in [4.78, 5) is 62.6. The zero-order valence-corrected chi connectivity index (χ0v) is 53.0. The summed E-state index contributed by atoms with van der Waals surface area (Å²) in [5, 5.41) is 62.7. The molecule has 0 aliphatic rings. The van der Waals surface area contributed by atoms with Crippen molar-refractivity contribution in [3.8, 4) is 23.0 Å². The fraction of sp³-hybridized carbons (Fsp3) is 0.717. The molecule has 0 bridgehead atoms. The number of benzene rings is 2. The Hall–Kier alpha value is -4.22. The second kappa shape index (κ2) is 39.4. The van der Waals surface area contributed by atoms with Crippen molar-refractivity contribution < 1.29 is 125 Å². The SMILES string of the molecule is COCCCOc1cc(C(=O)[C@@H](C[C@H](NC(=O)OC(C)(C)C)[C@@H](O)C[C@H](C(=O)[O-])C(C)C)C(C)C)ccc1OC.COCCCOc1cc(C(O)[C@@H](C[C@H](NC(=O)OC(C)(C)C)[C@@H](O)C[C@H](C(=O)[O-])C(C)C)C(C)C)ccc1OC.[Li+].[Li+]. The van der Waals surface area contributed by atoms with E-state index in [1.807, 2.05) is 27.7 Å². The molecule has 0 fully saturated rings. The average molecular weight is 1150 g/mol. The molecule has 0 saturated carbocycles. The van der Waals surface area contributed by atoms with Crippen molar-refractivity contribution in [2.24, 2.45) is 47.3 Å². The van der Waals surface area contributed by atoms with E-state index in [0.29, 0.717) is 73.4 Å². The van der Waals surface area contributed by atoms with Crippen molar-refractivity contribution in [2.45, 2.75) is 177 Å². The maximum atomic E-state index is 13.8. The van der Waals surface area contributed by atoms with E-state index in [1.165, 1.54) is 14.2 Å². The van der Waals surface area contributed by atoms with Gasteiger partial charge < -0.3 is 83.7 Å². The van der Waals surface area contributed by atoms with Crippen molar-refractivity contribution in [2.75, 3.05) is 54.9 Å². The van der Waals surface area contributed by atoms with Crippen LogP contribution < -0.4 is 77.5 Å². The number of carbonyl (C=O) groups is 5. The molecule has 5 N–H and O–H groups in total. The van der Waals surface area contributed by atoms with Gasteiger partial charge in [0.25, 0.3) is 0 Å². The topological polar surface area (TPSA) is 290 Å². The number of alkyl carbamates (subject to hydrolysis) is 2. The van der Waals surface area contributed by atoms with Gasteiger partial charge in [0.05, 0.1) is 57.8 Å². The minimum Gasteiger partial charge on any atom is -0.550 e. The smallest absolute Gasteiger partial charge is 0.550 e. The normalized spacial score (nSPS) is 14.9. The number of carbonyl (C=O) groups excluding carboxylic acids is 5. The first-order valence-electron chi connectivity index (χ1n) is 27.8. The van der Waals surface area contributed by atoms with Gasteiger partial charge in [-0.2, -0.15) is 0 Å². The van der Waals surface area contributed by atoms with Crippen LogP contribution in [-0.2, 0) is 28.5 Å². The molecule has 0 heterocycles. The predicted molar refractivity (Wildman–Crippen MR) is 299 cm³/mol. The minimum absolute atomic E-state index is 0. The number of aliphatic carboxylic acids is 2. The van der Waals surface area contributed by atoms with Crippen molar-refractivity contribution in [1.82, 2.24) is 10.6 Å². The van der Waals surface area contributed by atoms with Gasteiger partial charge in [0.1, 0.15) is 11.2 Å². The van der Waals surface area contributed by atoms with Crippen LogP contribution in [0.5, 0.6) is 23.0 Å². The number of nitrogens with one attached hydrogen (secondary N) is 2. The van der Waals surface area contributed by atoms with Crippen LogP contribution in [0.1, 0.15) is 157 Å². The molecule has 20 nitrogen and oxygen atoms in total. The monoisotopic (exact) mass is 1150 g/mol. The molecule has 2 aromatic carbocycles. The molecule has 0 spiro atoms. The molecular weight excluding hydrogens is 1050 g/mol. The minimum atomic E-state index is -1.28. The van der Waals surface area contributed by atoms with Gasteiger partial charge in [-0.1, -0.05) is 61.5 Å². The molecule has 0 aliphatic carbocycles. The van der Waals surface area contributed by atoms with Gasteiger partial charge in [-0.15, -0.1) is 0 Å². The van der Waals surface area contributed by atoms with Crippen LogP contribution in [0.15, 0.2) is 36.4 Å². The quantitative estimate of drug-likeness (QED) is 0.0373. The van der Waals surface area contributed by atoms with Crippen molar-refractivity contribution in [1.29, 1.82) is 0 Å².